The second-order valence-electron chi connectivity index (χ2n) is 10.0. The number of thioether (sulfide) groups is 1. The van der Waals surface area contributed by atoms with Crippen LogP contribution in [0.4, 0.5) is 10.1 Å². The molecule has 0 aliphatic carbocycles. The molecule has 3 aromatic rings. The van der Waals surface area contributed by atoms with Crippen molar-refractivity contribution in [2.24, 2.45) is 5.41 Å². The molecule has 1 aromatic carbocycles. The summed E-state index contributed by atoms with van der Waals surface area (Å²) in [4.78, 5) is 20.6. The Bertz CT molecular complexity index is 1180. The van der Waals surface area contributed by atoms with Crippen LogP contribution in [-0.4, -0.2) is 67.6 Å². The number of carboxylic acids is 1. The third-order valence-corrected chi connectivity index (χ3v) is 9.52. The minimum Gasteiger partial charge on any atom is -0.497 e. The number of thiophene rings is 1. The predicted molar refractivity (Wildman–Crippen MR) is 151 cm³/mol. The highest BCUT2D eigenvalue weighted by molar-refractivity contribution is 8.01. The topological polar surface area (TPSA) is 65.9 Å². The second-order valence-corrected chi connectivity index (χ2v) is 12.4. The van der Waals surface area contributed by atoms with Crippen molar-refractivity contribution in [3.05, 3.63) is 47.5 Å². The Labute approximate surface area is 226 Å². The zero-order valence-corrected chi connectivity index (χ0v) is 23.4. The Kier molecular flexibility index (Phi) is 9.31. The quantitative estimate of drug-likeness (QED) is 0.260. The molecular weight excluding hydrogens is 509 g/mol. The van der Waals surface area contributed by atoms with Crippen LogP contribution in [0.5, 0.6) is 5.75 Å². The number of hydrogen-bond donors (Lipinski definition) is 1. The molecule has 0 saturated carbocycles. The van der Waals surface area contributed by atoms with Crippen LogP contribution in [0.1, 0.15) is 43.8 Å². The number of methoxy groups -OCH3 is 1. The average molecular weight is 546 g/mol. The van der Waals surface area contributed by atoms with Gasteiger partial charge >= 0.3 is 5.97 Å². The molecule has 0 bridgehead atoms. The first-order valence-electron chi connectivity index (χ1n) is 12.7. The normalized spacial score (nSPS) is 16.5. The maximum Gasteiger partial charge on any atom is 0.303 e. The highest BCUT2D eigenvalue weighted by atomic mass is 32.2. The number of piperidine rings is 1. The van der Waals surface area contributed by atoms with Crippen molar-refractivity contribution in [1.29, 1.82) is 0 Å². The molecule has 0 spiro atoms. The van der Waals surface area contributed by atoms with Gasteiger partial charge in [-0.05, 0) is 73.8 Å². The molecule has 9 heteroatoms. The number of ether oxygens (including phenoxy) is 1. The van der Waals surface area contributed by atoms with E-state index in [0.717, 1.165) is 54.8 Å². The van der Waals surface area contributed by atoms with Crippen molar-refractivity contribution in [3.63, 3.8) is 0 Å². The molecule has 2 aromatic heterocycles. The number of fused-ring (bicyclic) bond motifs is 1. The number of aromatic nitrogens is 1. The maximum atomic E-state index is 16.1. The largest absolute Gasteiger partial charge is 0.497 e. The molecule has 1 atom stereocenters. The number of alkyl halides is 1. The van der Waals surface area contributed by atoms with Gasteiger partial charge in [-0.2, -0.15) is 0 Å². The van der Waals surface area contributed by atoms with Gasteiger partial charge in [-0.25, -0.2) is 4.39 Å². The van der Waals surface area contributed by atoms with Crippen molar-refractivity contribution in [2.75, 3.05) is 51.5 Å². The van der Waals surface area contributed by atoms with Crippen molar-refractivity contribution in [1.82, 2.24) is 9.88 Å². The monoisotopic (exact) mass is 545 g/mol. The summed E-state index contributed by atoms with van der Waals surface area (Å²) < 4.78 is 22.8. The zero-order valence-electron chi connectivity index (χ0n) is 21.8. The Morgan fingerprint density at radius 1 is 1.32 bits per heavy atom. The van der Waals surface area contributed by atoms with E-state index in [0.29, 0.717) is 17.7 Å². The first kappa shape index (κ1) is 27.7. The number of aliphatic carboxylic acids is 1. The van der Waals surface area contributed by atoms with E-state index in [4.69, 9.17) is 4.74 Å². The summed E-state index contributed by atoms with van der Waals surface area (Å²) in [6, 6.07) is 9.73. The smallest absolute Gasteiger partial charge is 0.303 e. The average Bonchev–Trinajstić information content (AvgIpc) is 3.40. The predicted octanol–water partition coefficient (Wildman–Crippen LogP) is 6.51. The van der Waals surface area contributed by atoms with Gasteiger partial charge in [0.1, 0.15) is 11.9 Å². The Hall–Kier alpha value is -2.36. The van der Waals surface area contributed by atoms with Crippen LogP contribution >= 0.6 is 23.1 Å². The van der Waals surface area contributed by atoms with Crippen LogP contribution in [0.2, 0.25) is 0 Å². The molecule has 200 valence electrons. The van der Waals surface area contributed by atoms with Crippen LogP contribution in [0.3, 0.4) is 0 Å². The fourth-order valence-electron chi connectivity index (χ4n) is 5.28. The summed E-state index contributed by atoms with van der Waals surface area (Å²) in [6.07, 6.45) is 2.94. The van der Waals surface area contributed by atoms with Gasteiger partial charge in [0, 0.05) is 37.3 Å². The van der Waals surface area contributed by atoms with Crippen LogP contribution in [0.25, 0.3) is 10.9 Å². The number of carboxylic acid groups (broad SMARTS) is 1. The van der Waals surface area contributed by atoms with Gasteiger partial charge in [-0.15, -0.1) is 23.1 Å². The standard InChI is InChI=1S/C28H36FN3O3S2/c1-31(2)24-19-30-23-7-6-20(35-3)17-21(23)27(24)22(29)8-9-28(18-25(33)34)10-12-32(13-11-28)14-16-37-26-5-4-15-36-26/h4-7,15,17,19,22H,8-14,16,18H2,1-3H3,(H,33,34)/t22-/m1/s1. The highest BCUT2D eigenvalue weighted by Crippen LogP contribution is 2.44. The Morgan fingerprint density at radius 3 is 2.76 bits per heavy atom. The number of anilines is 1. The van der Waals surface area contributed by atoms with Gasteiger partial charge in [0.05, 0.1) is 35.1 Å². The molecule has 1 saturated heterocycles. The molecule has 37 heavy (non-hydrogen) atoms. The number of nitrogens with zero attached hydrogens (tertiary/aromatic N) is 3. The van der Waals surface area contributed by atoms with Crippen molar-refractivity contribution < 1.29 is 19.0 Å². The molecule has 0 unspecified atom stereocenters. The molecule has 1 fully saturated rings. The second kappa shape index (κ2) is 12.5. The number of hydrogen-bond acceptors (Lipinski definition) is 7. The van der Waals surface area contributed by atoms with E-state index in [9.17, 15) is 9.90 Å². The molecule has 1 N–H and O–H groups in total. The van der Waals surface area contributed by atoms with Crippen molar-refractivity contribution in [3.8, 4) is 5.75 Å². The molecule has 0 radical (unpaired) electrons. The van der Waals surface area contributed by atoms with Gasteiger partial charge in [0.2, 0.25) is 0 Å². The van der Waals surface area contributed by atoms with E-state index < -0.39 is 12.1 Å². The van der Waals surface area contributed by atoms with Crippen LogP contribution in [-0.2, 0) is 4.79 Å². The van der Waals surface area contributed by atoms with E-state index in [1.165, 1.54) is 4.21 Å². The number of halogens is 1. The summed E-state index contributed by atoms with van der Waals surface area (Å²) in [5, 5.41) is 12.5. The first-order valence-corrected chi connectivity index (χ1v) is 14.6. The van der Waals surface area contributed by atoms with E-state index in [2.05, 4.69) is 27.4 Å². The fourth-order valence-corrected chi connectivity index (χ4v) is 7.14. The summed E-state index contributed by atoms with van der Waals surface area (Å²) in [7, 11) is 5.37. The highest BCUT2D eigenvalue weighted by Gasteiger charge is 2.37. The first-order chi connectivity index (χ1) is 17.8. The number of likely N-dealkylation sites (tertiary alicyclic amines) is 1. The third-order valence-electron chi connectivity index (χ3n) is 7.41. The fraction of sp³-hybridized carbons (Fsp3) is 0.500. The SMILES string of the molecule is COc1ccc2ncc(N(C)C)c([C@H](F)CCC3(CC(=O)O)CCN(CCSc4cccs4)CC3)c2c1. The summed E-state index contributed by atoms with van der Waals surface area (Å²) in [5.74, 6) is 0.876. The van der Waals surface area contributed by atoms with Crippen LogP contribution in [0.15, 0.2) is 46.1 Å². The minimum absolute atomic E-state index is 0.0863. The lowest BCUT2D eigenvalue weighted by Gasteiger charge is -2.41. The van der Waals surface area contributed by atoms with E-state index in [1.807, 2.05) is 49.0 Å². The Balaban J connectivity index is 1.45. The van der Waals surface area contributed by atoms with Crippen molar-refractivity contribution in [2.45, 2.75) is 42.5 Å². The summed E-state index contributed by atoms with van der Waals surface area (Å²) >= 11 is 3.62. The van der Waals surface area contributed by atoms with E-state index in [-0.39, 0.29) is 18.3 Å². The van der Waals surface area contributed by atoms with Crippen molar-refractivity contribution >= 4 is 45.7 Å². The summed E-state index contributed by atoms with van der Waals surface area (Å²) in [5.41, 5.74) is 1.67. The number of benzene rings is 1. The molecule has 3 heterocycles. The zero-order chi connectivity index (χ0) is 26.4. The maximum absolute atomic E-state index is 16.1. The van der Waals surface area contributed by atoms with Gasteiger partial charge in [0.25, 0.3) is 0 Å². The summed E-state index contributed by atoms with van der Waals surface area (Å²) in [6.45, 7) is 2.69. The van der Waals surface area contributed by atoms with Crippen LogP contribution < -0.4 is 9.64 Å². The van der Waals surface area contributed by atoms with Gasteiger partial charge < -0.3 is 19.6 Å². The molecule has 4 rings (SSSR count). The van der Waals surface area contributed by atoms with Gasteiger partial charge in [-0.3, -0.25) is 9.78 Å². The third kappa shape index (κ3) is 6.94. The van der Waals surface area contributed by atoms with E-state index >= 15 is 4.39 Å². The van der Waals surface area contributed by atoms with E-state index in [1.54, 1.807) is 24.6 Å². The number of rotatable bonds is 12. The Morgan fingerprint density at radius 2 is 2.11 bits per heavy atom. The number of pyridine rings is 1. The minimum atomic E-state index is -1.24. The molecule has 0 amide bonds. The van der Waals surface area contributed by atoms with Crippen LogP contribution in [0, 0.1) is 5.41 Å². The molecule has 6 nitrogen and oxygen atoms in total. The molecule has 1 aliphatic rings. The molecular formula is C28H36FN3O3S2. The van der Waals surface area contributed by atoms with Gasteiger partial charge in [-0.1, -0.05) is 6.07 Å². The number of carbonyl (C=O) groups is 1. The lowest BCUT2D eigenvalue weighted by atomic mass is 9.71. The lowest BCUT2D eigenvalue weighted by Crippen LogP contribution is -2.42. The lowest BCUT2D eigenvalue weighted by molar-refractivity contribution is -0.141. The molecule has 1 aliphatic heterocycles. The van der Waals surface area contributed by atoms with Gasteiger partial charge in [0.15, 0.2) is 0 Å².